The summed E-state index contributed by atoms with van der Waals surface area (Å²) in [7, 11) is -3.67. The number of benzene rings is 1. The van der Waals surface area contributed by atoms with Crippen LogP contribution in [0.1, 0.15) is 0 Å². The van der Waals surface area contributed by atoms with E-state index in [9.17, 15) is 8.42 Å². The van der Waals surface area contributed by atoms with Gasteiger partial charge in [0.1, 0.15) is 6.61 Å². The molecule has 1 rings (SSSR count). The van der Waals surface area contributed by atoms with Crippen molar-refractivity contribution in [2.45, 2.75) is 4.90 Å². The molecule has 0 aliphatic carbocycles. The van der Waals surface area contributed by atoms with Crippen LogP contribution in [0.15, 0.2) is 41.8 Å². The Bertz CT molecular complexity index is 408. The fourth-order valence-corrected chi connectivity index (χ4v) is 1.93. The summed E-state index contributed by atoms with van der Waals surface area (Å²) in [6.07, 6.45) is 1.27. The molecule has 0 aliphatic heterocycles. The number of halogens is 1. The first-order chi connectivity index (χ1) is 6.56. The van der Waals surface area contributed by atoms with E-state index in [1.54, 1.807) is 12.1 Å². The number of hydrogen-bond acceptors (Lipinski definition) is 3. The Balaban J connectivity index is 2.93. The average molecular weight is 323 g/mol. The summed E-state index contributed by atoms with van der Waals surface area (Å²) >= 11 is 2.09. The molecule has 3 nitrogen and oxygen atoms in total. The van der Waals surface area contributed by atoms with Crippen LogP contribution in [-0.4, -0.2) is 8.42 Å². The third-order valence-corrected chi connectivity index (χ3v) is 3.31. The molecule has 1 aromatic rings. The summed E-state index contributed by atoms with van der Waals surface area (Å²) in [5.41, 5.74) is 0. The highest BCUT2D eigenvalue weighted by Crippen LogP contribution is 2.15. The normalized spacial score (nSPS) is 11.2. The lowest BCUT2D eigenvalue weighted by atomic mass is 10.4. The predicted octanol–water partition coefficient (Wildman–Crippen LogP) is 2.34. The van der Waals surface area contributed by atoms with E-state index in [4.69, 9.17) is 0 Å². The van der Waals surface area contributed by atoms with E-state index < -0.39 is 10.1 Å². The maximum absolute atomic E-state index is 11.4. The third kappa shape index (κ3) is 3.07. The van der Waals surface area contributed by atoms with Gasteiger partial charge in [0.15, 0.2) is 0 Å². The van der Waals surface area contributed by atoms with Crippen LogP contribution in [0.4, 0.5) is 0 Å². The van der Waals surface area contributed by atoms with Gasteiger partial charge in [0.05, 0.1) is 4.90 Å². The van der Waals surface area contributed by atoms with E-state index >= 15 is 0 Å². The topological polar surface area (TPSA) is 43.4 Å². The molecule has 0 saturated heterocycles. The highest BCUT2D eigenvalue weighted by atomic mass is 127. The lowest BCUT2D eigenvalue weighted by molar-refractivity contribution is 0.412. The lowest BCUT2D eigenvalue weighted by Gasteiger charge is -2.02. The summed E-state index contributed by atoms with van der Waals surface area (Å²) in [5.74, 6) is 0. The maximum Gasteiger partial charge on any atom is 0.297 e. The Morgan fingerprint density at radius 3 is 2.36 bits per heavy atom. The van der Waals surface area contributed by atoms with Crippen LogP contribution in [0.5, 0.6) is 0 Å². The van der Waals surface area contributed by atoms with Gasteiger partial charge in [0.2, 0.25) is 0 Å². The van der Waals surface area contributed by atoms with E-state index in [0.29, 0.717) is 0 Å². The molecular weight excluding hydrogens is 315 g/mol. The molecule has 75 valence electrons. The first-order valence-corrected chi connectivity index (χ1v) is 6.18. The molecule has 5 heteroatoms. The van der Waals surface area contributed by atoms with Crippen LogP contribution < -0.4 is 0 Å². The van der Waals surface area contributed by atoms with Gasteiger partial charge in [0.25, 0.3) is 10.1 Å². The third-order valence-electron chi connectivity index (χ3n) is 1.38. The molecule has 0 heterocycles. The van der Waals surface area contributed by atoms with Gasteiger partial charge in [0, 0.05) is 3.57 Å². The highest BCUT2D eigenvalue weighted by molar-refractivity contribution is 14.1. The number of hydrogen-bond donors (Lipinski definition) is 0. The molecule has 0 aliphatic rings. The minimum absolute atomic E-state index is 0.135. The average Bonchev–Trinajstić information content (AvgIpc) is 2.16. The van der Waals surface area contributed by atoms with Gasteiger partial charge >= 0.3 is 0 Å². The summed E-state index contributed by atoms with van der Waals surface area (Å²) in [5, 5.41) is 0. The second kappa shape index (κ2) is 4.90. The fourth-order valence-electron chi connectivity index (χ4n) is 0.769. The van der Waals surface area contributed by atoms with Crippen LogP contribution in [0, 0.1) is 10.2 Å². The van der Waals surface area contributed by atoms with Gasteiger partial charge in [-0.3, -0.25) is 4.18 Å². The van der Waals surface area contributed by atoms with Gasteiger partial charge in [-0.05, 0) is 46.9 Å². The summed E-state index contributed by atoms with van der Waals surface area (Å²) in [6.45, 7) is 4.36. The van der Waals surface area contributed by atoms with E-state index in [1.807, 2.05) is 0 Å². The summed E-state index contributed by atoms with van der Waals surface area (Å²) in [6, 6.07) is 6.39. The van der Waals surface area contributed by atoms with Crippen LogP contribution in [0.2, 0.25) is 0 Å². The first kappa shape index (κ1) is 11.7. The Morgan fingerprint density at radius 1 is 1.29 bits per heavy atom. The first-order valence-electron chi connectivity index (χ1n) is 3.69. The predicted molar refractivity (Wildman–Crippen MR) is 61.9 cm³/mol. The molecule has 0 N–H and O–H groups in total. The maximum atomic E-state index is 11.4. The van der Waals surface area contributed by atoms with E-state index in [0.717, 1.165) is 10.2 Å². The van der Waals surface area contributed by atoms with E-state index in [2.05, 4.69) is 33.4 Å². The van der Waals surface area contributed by atoms with Crippen LogP contribution >= 0.6 is 22.6 Å². The van der Waals surface area contributed by atoms with E-state index in [-0.39, 0.29) is 4.90 Å². The molecule has 1 radical (unpaired) electrons. The second-order valence-corrected chi connectivity index (χ2v) is 5.19. The Labute approximate surface area is 97.0 Å². The molecule has 14 heavy (non-hydrogen) atoms. The molecule has 0 aromatic heterocycles. The second-order valence-electron chi connectivity index (χ2n) is 2.38. The smallest absolute Gasteiger partial charge is 0.256 e. The van der Waals surface area contributed by atoms with Crippen LogP contribution in [-0.2, 0) is 14.3 Å². The monoisotopic (exact) mass is 323 g/mol. The molecule has 0 saturated carbocycles. The SMILES string of the molecule is C=C[CH]OS(=O)(=O)c1ccc(I)cc1. The van der Waals surface area contributed by atoms with Crippen molar-refractivity contribution in [1.29, 1.82) is 0 Å². The van der Waals surface area contributed by atoms with Crippen molar-refractivity contribution >= 4 is 32.7 Å². The van der Waals surface area contributed by atoms with Crippen molar-refractivity contribution in [2.75, 3.05) is 0 Å². The molecule has 1 aromatic carbocycles. The Hall–Kier alpha value is -0.400. The van der Waals surface area contributed by atoms with Gasteiger partial charge in [-0.1, -0.05) is 6.08 Å². The summed E-state index contributed by atoms with van der Waals surface area (Å²) < 4.78 is 28.3. The standard InChI is InChI=1S/C9H8IO3S/c1-2-7-13-14(11,12)9-5-3-8(10)4-6-9/h2-7H,1H2. The van der Waals surface area contributed by atoms with Crippen molar-refractivity contribution in [2.24, 2.45) is 0 Å². The van der Waals surface area contributed by atoms with Crippen LogP contribution in [0.3, 0.4) is 0 Å². The largest absolute Gasteiger partial charge is 0.297 e. The molecule has 0 fully saturated rings. The Kier molecular flexibility index (Phi) is 4.09. The zero-order valence-electron chi connectivity index (χ0n) is 7.18. The molecule has 0 unspecified atom stereocenters. The van der Waals surface area contributed by atoms with E-state index in [1.165, 1.54) is 18.2 Å². The quantitative estimate of drug-likeness (QED) is 0.631. The van der Waals surface area contributed by atoms with Gasteiger partial charge in [-0.15, -0.1) is 6.58 Å². The minimum atomic E-state index is -3.67. The molecule has 0 bridgehead atoms. The van der Waals surface area contributed by atoms with Crippen LogP contribution in [0.25, 0.3) is 0 Å². The zero-order valence-corrected chi connectivity index (χ0v) is 10.2. The van der Waals surface area contributed by atoms with Crippen molar-refractivity contribution in [1.82, 2.24) is 0 Å². The van der Waals surface area contributed by atoms with Crippen molar-refractivity contribution in [3.8, 4) is 0 Å². The zero-order chi connectivity index (χ0) is 10.6. The highest BCUT2D eigenvalue weighted by Gasteiger charge is 2.13. The fraction of sp³-hybridized carbons (Fsp3) is 0. The van der Waals surface area contributed by atoms with Gasteiger partial charge in [-0.2, -0.15) is 8.42 Å². The lowest BCUT2D eigenvalue weighted by Crippen LogP contribution is -2.03. The molecule has 0 atom stereocenters. The molecule has 0 spiro atoms. The van der Waals surface area contributed by atoms with Crippen molar-refractivity contribution < 1.29 is 12.6 Å². The van der Waals surface area contributed by atoms with Gasteiger partial charge < -0.3 is 0 Å². The molecular formula is C9H8IO3S. The van der Waals surface area contributed by atoms with Gasteiger partial charge in [-0.25, -0.2) is 0 Å². The Morgan fingerprint density at radius 2 is 1.86 bits per heavy atom. The number of rotatable bonds is 4. The van der Waals surface area contributed by atoms with Crippen molar-refractivity contribution in [3.05, 3.63) is 47.1 Å². The minimum Gasteiger partial charge on any atom is -0.256 e. The molecule has 0 amide bonds. The van der Waals surface area contributed by atoms with Crippen molar-refractivity contribution in [3.63, 3.8) is 0 Å². The summed E-state index contributed by atoms with van der Waals surface area (Å²) in [4.78, 5) is 0.135.